The summed E-state index contributed by atoms with van der Waals surface area (Å²) in [6.45, 7) is 3.80. The molecule has 2 aromatic heterocycles. The second-order valence-electron chi connectivity index (χ2n) is 4.73. The van der Waals surface area contributed by atoms with Crippen LogP contribution in [0.3, 0.4) is 0 Å². The fourth-order valence-corrected chi connectivity index (χ4v) is 2.13. The predicted octanol–water partition coefficient (Wildman–Crippen LogP) is 1.01. The highest BCUT2D eigenvalue weighted by Gasteiger charge is 2.15. The predicted molar refractivity (Wildman–Crippen MR) is 75.3 cm³/mol. The van der Waals surface area contributed by atoms with Gasteiger partial charge in [-0.3, -0.25) is 14.5 Å². The van der Waals surface area contributed by atoms with Crippen molar-refractivity contribution in [2.75, 3.05) is 5.73 Å². The summed E-state index contributed by atoms with van der Waals surface area (Å²) in [6, 6.07) is 5.26. The maximum atomic E-state index is 12.5. The van der Waals surface area contributed by atoms with E-state index in [9.17, 15) is 4.79 Å². The summed E-state index contributed by atoms with van der Waals surface area (Å²) >= 11 is 0. The van der Waals surface area contributed by atoms with E-state index in [4.69, 9.17) is 5.73 Å². The van der Waals surface area contributed by atoms with Gasteiger partial charge in [-0.2, -0.15) is 4.98 Å². The Morgan fingerprint density at radius 3 is 2.90 bits per heavy atom. The molecule has 1 unspecified atom stereocenters. The van der Waals surface area contributed by atoms with Crippen molar-refractivity contribution in [1.82, 2.24) is 24.7 Å². The van der Waals surface area contributed by atoms with E-state index in [2.05, 4.69) is 20.2 Å². The van der Waals surface area contributed by atoms with Crippen LogP contribution in [0.25, 0.3) is 10.9 Å². The van der Waals surface area contributed by atoms with E-state index in [1.165, 1.54) is 10.9 Å². The highest BCUT2D eigenvalue weighted by Crippen LogP contribution is 2.14. The molecule has 0 saturated heterocycles. The average molecular weight is 270 g/mol. The first-order chi connectivity index (χ1) is 9.56. The van der Waals surface area contributed by atoms with Crippen LogP contribution in [0, 0.1) is 6.92 Å². The molecule has 0 aliphatic heterocycles. The summed E-state index contributed by atoms with van der Waals surface area (Å²) in [5.41, 5.74) is 7.13. The van der Waals surface area contributed by atoms with Gasteiger partial charge in [0.25, 0.3) is 5.56 Å². The number of hydrogen-bond donors (Lipinski definition) is 2. The molecular weight excluding hydrogens is 256 g/mol. The molecule has 2 heterocycles. The molecule has 0 saturated carbocycles. The minimum Gasteiger partial charge on any atom is -0.367 e. The largest absolute Gasteiger partial charge is 0.367 e. The zero-order valence-electron chi connectivity index (χ0n) is 11.2. The van der Waals surface area contributed by atoms with Gasteiger partial charge in [-0.1, -0.05) is 6.07 Å². The molecule has 3 N–H and O–H groups in total. The summed E-state index contributed by atoms with van der Waals surface area (Å²) in [7, 11) is 0. The van der Waals surface area contributed by atoms with Gasteiger partial charge < -0.3 is 5.73 Å². The van der Waals surface area contributed by atoms with E-state index in [1.807, 2.05) is 26.0 Å². The molecule has 1 aromatic carbocycles. The molecule has 0 aliphatic carbocycles. The summed E-state index contributed by atoms with van der Waals surface area (Å²) < 4.78 is 1.51. The number of fused-ring (bicyclic) bond motifs is 1. The number of rotatable bonds is 2. The molecule has 1 atom stereocenters. The summed E-state index contributed by atoms with van der Waals surface area (Å²) in [5, 5.41) is 7.07. The van der Waals surface area contributed by atoms with Crippen LogP contribution in [0.2, 0.25) is 0 Å². The molecule has 3 rings (SSSR count). The highest BCUT2D eigenvalue weighted by atomic mass is 16.1. The van der Waals surface area contributed by atoms with E-state index >= 15 is 0 Å². The Kier molecular flexibility index (Phi) is 2.74. The highest BCUT2D eigenvalue weighted by molar-refractivity contribution is 5.77. The maximum Gasteiger partial charge on any atom is 0.261 e. The lowest BCUT2D eigenvalue weighted by Crippen LogP contribution is -2.25. The molecule has 3 aromatic rings. The van der Waals surface area contributed by atoms with Crippen LogP contribution in [-0.4, -0.2) is 24.7 Å². The number of aryl methyl sites for hydroxylation is 1. The van der Waals surface area contributed by atoms with Crippen LogP contribution in [0.4, 0.5) is 5.95 Å². The number of anilines is 1. The number of hydrogen-bond acceptors (Lipinski definition) is 5. The molecule has 7 heteroatoms. The lowest BCUT2D eigenvalue weighted by Gasteiger charge is -2.12. The number of nitrogens with two attached hydrogens (primary N) is 1. The SMILES string of the molecule is Cc1ccc2c(=O)n(C(C)c3nc(N)n[nH]3)cnc2c1. The first-order valence-corrected chi connectivity index (χ1v) is 6.21. The number of benzene rings is 1. The maximum absolute atomic E-state index is 12.5. The smallest absolute Gasteiger partial charge is 0.261 e. The van der Waals surface area contributed by atoms with Crippen molar-refractivity contribution in [3.8, 4) is 0 Å². The molecule has 7 nitrogen and oxygen atoms in total. The van der Waals surface area contributed by atoms with Crippen LogP contribution in [0.5, 0.6) is 0 Å². The van der Waals surface area contributed by atoms with Crippen LogP contribution in [0.1, 0.15) is 24.4 Å². The number of nitrogen functional groups attached to an aromatic ring is 1. The molecular formula is C13H14N6O. The molecule has 0 amide bonds. The fourth-order valence-electron chi connectivity index (χ4n) is 2.13. The zero-order valence-corrected chi connectivity index (χ0v) is 11.2. The van der Waals surface area contributed by atoms with Crippen molar-refractivity contribution in [3.05, 3.63) is 46.3 Å². The topological polar surface area (TPSA) is 102 Å². The zero-order chi connectivity index (χ0) is 14.3. The van der Waals surface area contributed by atoms with E-state index in [0.717, 1.165) is 5.56 Å². The monoisotopic (exact) mass is 270 g/mol. The minimum atomic E-state index is -0.314. The van der Waals surface area contributed by atoms with Crippen LogP contribution in [-0.2, 0) is 0 Å². The van der Waals surface area contributed by atoms with Gasteiger partial charge in [-0.15, -0.1) is 5.10 Å². The molecule has 0 bridgehead atoms. The van der Waals surface area contributed by atoms with Gasteiger partial charge >= 0.3 is 0 Å². The van der Waals surface area contributed by atoms with E-state index in [-0.39, 0.29) is 17.5 Å². The summed E-state index contributed by atoms with van der Waals surface area (Å²) in [6.07, 6.45) is 1.52. The van der Waals surface area contributed by atoms with E-state index < -0.39 is 0 Å². The van der Waals surface area contributed by atoms with Gasteiger partial charge in [0, 0.05) is 0 Å². The Morgan fingerprint density at radius 2 is 2.20 bits per heavy atom. The average Bonchev–Trinajstić information content (AvgIpc) is 2.85. The third-order valence-electron chi connectivity index (χ3n) is 3.27. The van der Waals surface area contributed by atoms with Gasteiger partial charge in [-0.25, -0.2) is 4.98 Å². The lowest BCUT2D eigenvalue weighted by atomic mass is 10.1. The molecule has 20 heavy (non-hydrogen) atoms. The van der Waals surface area contributed by atoms with E-state index in [1.54, 1.807) is 6.07 Å². The standard InChI is InChI=1S/C13H14N6O/c1-7-3-4-9-10(5-7)15-6-19(12(9)20)8(2)11-16-13(14)18-17-11/h3-6,8H,1-2H3,(H3,14,16,17,18). The van der Waals surface area contributed by atoms with Crippen LogP contribution >= 0.6 is 0 Å². The Hall–Kier alpha value is -2.70. The third kappa shape index (κ3) is 1.93. The molecule has 102 valence electrons. The van der Waals surface area contributed by atoms with Gasteiger partial charge in [0.2, 0.25) is 5.95 Å². The summed E-state index contributed by atoms with van der Waals surface area (Å²) in [4.78, 5) is 20.9. The van der Waals surface area contributed by atoms with Gasteiger partial charge in [-0.05, 0) is 31.5 Å². The molecule has 0 radical (unpaired) electrons. The van der Waals surface area contributed by atoms with Crippen molar-refractivity contribution in [2.24, 2.45) is 0 Å². The number of nitrogens with zero attached hydrogens (tertiary/aromatic N) is 4. The van der Waals surface area contributed by atoms with E-state index in [0.29, 0.717) is 16.7 Å². The number of aromatic nitrogens is 5. The Labute approximate surface area is 114 Å². The van der Waals surface area contributed by atoms with Gasteiger partial charge in [0.15, 0.2) is 0 Å². The minimum absolute atomic E-state index is 0.113. The Bertz CT molecular complexity index is 834. The fraction of sp³-hybridized carbons (Fsp3) is 0.231. The second-order valence-corrected chi connectivity index (χ2v) is 4.73. The number of H-pyrrole nitrogens is 1. The van der Waals surface area contributed by atoms with Crippen LogP contribution in [0.15, 0.2) is 29.3 Å². The first-order valence-electron chi connectivity index (χ1n) is 6.21. The number of aromatic amines is 1. The van der Waals surface area contributed by atoms with Crippen molar-refractivity contribution < 1.29 is 0 Å². The number of nitrogens with one attached hydrogen (secondary N) is 1. The first kappa shape index (κ1) is 12.3. The Morgan fingerprint density at radius 1 is 1.40 bits per heavy atom. The molecule has 0 fully saturated rings. The normalized spacial score (nSPS) is 12.7. The van der Waals surface area contributed by atoms with Gasteiger partial charge in [0.1, 0.15) is 5.82 Å². The second kappa shape index (κ2) is 4.44. The quantitative estimate of drug-likeness (QED) is 0.723. The molecule has 0 spiro atoms. The molecule has 0 aliphatic rings. The summed E-state index contributed by atoms with van der Waals surface area (Å²) in [5.74, 6) is 0.683. The lowest BCUT2D eigenvalue weighted by molar-refractivity contribution is 0.577. The van der Waals surface area contributed by atoms with Crippen molar-refractivity contribution in [2.45, 2.75) is 19.9 Å². The van der Waals surface area contributed by atoms with Gasteiger partial charge in [0.05, 0.1) is 23.3 Å². The van der Waals surface area contributed by atoms with Crippen molar-refractivity contribution in [3.63, 3.8) is 0 Å². The van der Waals surface area contributed by atoms with Crippen molar-refractivity contribution >= 4 is 16.9 Å². The van der Waals surface area contributed by atoms with Crippen LogP contribution < -0.4 is 11.3 Å². The van der Waals surface area contributed by atoms with Crippen molar-refractivity contribution in [1.29, 1.82) is 0 Å². The third-order valence-corrected chi connectivity index (χ3v) is 3.27. The Balaban J connectivity index is 2.15.